The molecule has 0 aliphatic rings. The van der Waals surface area contributed by atoms with Crippen LogP contribution in [0.1, 0.15) is 20.3 Å². The SMILES string of the molecule is CCC(N)C(CO)N(C)C(C)COC. The number of nitrogens with zero attached hydrogens (tertiary/aromatic N) is 1. The van der Waals surface area contributed by atoms with Gasteiger partial charge < -0.3 is 15.6 Å². The average molecular weight is 204 g/mol. The van der Waals surface area contributed by atoms with Crippen LogP contribution in [0.4, 0.5) is 0 Å². The van der Waals surface area contributed by atoms with E-state index >= 15 is 0 Å². The lowest BCUT2D eigenvalue weighted by molar-refractivity contribution is 0.0531. The first kappa shape index (κ1) is 13.8. The fourth-order valence-corrected chi connectivity index (χ4v) is 1.52. The summed E-state index contributed by atoms with van der Waals surface area (Å²) in [4.78, 5) is 2.08. The number of hydrogen-bond acceptors (Lipinski definition) is 4. The highest BCUT2D eigenvalue weighted by Crippen LogP contribution is 2.08. The van der Waals surface area contributed by atoms with E-state index < -0.39 is 0 Å². The average Bonchev–Trinajstić information content (AvgIpc) is 2.18. The number of aliphatic hydroxyl groups is 1. The summed E-state index contributed by atoms with van der Waals surface area (Å²) >= 11 is 0. The molecule has 3 unspecified atom stereocenters. The van der Waals surface area contributed by atoms with Crippen molar-refractivity contribution in [2.75, 3.05) is 27.4 Å². The molecule has 4 nitrogen and oxygen atoms in total. The Morgan fingerprint density at radius 1 is 1.50 bits per heavy atom. The van der Waals surface area contributed by atoms with Crippen molar-refractivity contribution in [3.05, 3.63) is 0 Å². The van der Waals surface area contributed by atoms with Gasteiger partial charge >= 0.3 is 0 Å². The largest absolute Gasteiger partial charge is 0.395 e. The summed E-state index contributed by atoms with van der Waals surface area (Å²) in [5.41, 5.74) is 5.92. The van der Waals surface area contributed by atoms with Crippen LogP contribution in [-0.4, -0.2) is 55.5 Å². The molecular formula is C10H24N2O2. The van der Waals surface area contributed by atoms with E-state index in [9.17, 15) is 5.11 Å². The van der Waals surface area contributed by atoms with Gasteiger partial charge in [0.2, 0.25) is 0 Å². The molecule has 0 spiro atoms. The third-order valence-electron chi connectivity index (χ3n) is 2.78. The Balaban J connectivity index is 4.21. The van der Waals surface area contributed by atoms with Gasteiger partial charge in [0.25, 0.3) is 0 Å². The van der Waals surface area contributed by atoms with Crippen molar-refractivity contribution in [1.82, 2.24) is 4.90 Å². The van der Waals surface area contributed by atoms with E-state index in [0.717, 1.165) is 6.42 Å². The highest BCUT2D eigenvalue weighted by atomic mass is 16.5. The van der Waals surface area contributed by atoms with E-state index in [1.54, 1.807) is 7.11 Å². The summed E-state index contributed by atoms with van der Waals surface area (Å²) in [6.45, 7) is 4.85. The number of aliphatic hydroxyl groups excluding tert-OH is 1. The van der Waals surface area contributed by atoms with Crippen molar-refractivity contribution < 1.29 is 9.84 Å². The van der Waals surface area contributed by atoms with Crippen LogP contribution in [0.2, 0.25) is 0 Å². The summed E-state index contributed by atoms with van der Waals surface area (Å²) in [5, 5.41) is 9.25. The predicted octanol–water partition coefficient (Wildman–Crippen LogP) is 0.0513. The fourth-order valence-electron chi connectivity index (χ4n) is 1.52. The molecule has 0 aliphatic carbocycles. The maximum absolute atomic E-state index is 9.25. The van der Waals surface area contributed by atoms with E-state index in [-0.39, 0.29) is 24.7 Å². The molecule has 0 rings (SSSR count). The van der Waals surface area contributed by atoms with Crippen LogP contribution in [0, 0.1) is 0 Å². The molecule has 14 heavy (non-hydrogen) atoms. The number of methoxy groups -OCH3 is 1. The lowest BCUT2D eigenvalue weighted by Crippen LogP contribution is -2.52. The summed E-state index contributed by atoms with van der Waals surface area (Å²) in [6.07, 6.45) is 0.870. The predicted molar refractivity (Wildman–Crippen MR) is 58.2 cm³/mol. The van der Waals surface area contributed by atoms with Gasteiger partial charge in [0.05, 0.1) is 13.2 Å². The molecule has 0 bridgehead atoms. The smallest absolute Gasteiger partial charge is 0.0615 e. The molecule has 3 atom stereocenters. The Hall–Kier alpha value is -0.160. The van der Waals surface area contributed by atoms with Crippen LogP contribution in [0.3, 0.4) is 0 Å². The van der Waals surface area contributed by atoms with Crippen LogP contribution >= 0.6 is 0 Å². The van der Waals surface area contributed by atoms with Crippen molar-refractivity contribution in [3.63, 3.8) is 0 Å². The van der Waals surface area contributed by atoms with Crippen molar-refractivity contribution in [2.24, 2.45) is 5.73 Å². The second-order valence-electron chi connectivity index (χ2n) is 3.79. The van der Waals surface area contributed by atoms with Gasteiger partial charge in [-0.1, -0.05) is 6.92 Å². The van der Waals surface area contributed by atoms with Crippen molar-refractivity contribution >= 4 is 0 Å². The van der Waals surface area contributed by atoms with Gasteiger partial charge in [-0.15, -0.1) is 0 Å². The first-order chi connectivity index (χ1) is 6.58. The zero-order chi connectivity index (χ0) is 11.1. The van der Waals surface area contributed by atoms with Gasteiger partial charge in [0.1, 0.15) is 0 Å². The summed E-state index contributed by atoms with van der Waals surface area (Å²) in [7, 11) is 3.65. The highest BCUT2D eigenvalue weighted by molar-refractivity contribution is 4.81. The summed E-state index contributed by atoms with van der Waals surface area (Å²) in [5.74, 6) is 0. The minimum absolute atomic E-state index is 0.0179. The second-order valence-corrected chi connectivity index (χ2v) is 3.79. The Morgan fingerprint density at radius 3 is 2.43 bits per heavy atom. The number of rotatable bonds is 7. The lowest BCUT2D eigenvalue weighted by atomic mass is 10.0. The number of ether oxygens (including phenoxy) is 1. The van der Waals surface area contributed by atoms with Gasteiger partial charge in [-0.2, -0.15) is 0 Å². The molecule has 0 fully saturated rings. The van der Waals surface area contributed by atoms with Crippen LogP contribution in [0.5, 0.6) is 0 Å². The molecule has 0 radical (unpaired) electrons. The second kappa shape index (κ2) is 7.17. The van der Waals surface area contributed by atoms with Gasteiger partial charge in [-0.25, -0.2) is 0 Å². The van der Waals surface area contributed by atoms with Crippen molar-refractivity contribution in [2.45, 2.75) is 38.4 Å². The summed E-state index contributed by atoms with van der Waals surface area (Å²) in [6, 6.07) is 0.309. The van der Waals surface area contributed by atoms with Gasteiger partial charge in [0, 0.05) is 25.2 Å². The maximum atomic E-state index is 9.25. The Labute approximate surface area is 87.0 Å². The zero-order valence-electron chi connectivity index (χ0n) is 9.73. The first-order valence-corrected chi connectivity index (χ1v) is 5.15. The number of nitrogens with two attached hydrogens (primary N) is 1. The molecule has 0 aromatic heterocycles. The molecular weight excluding hydrogens is 180 g/mol. The third kappa shape index (κ3) is 3.92. The van der Waals surface area contributed by atoms with E-state index in [1.165, 1.54) is 0 Å². The van der Waals surface area contributed by atoms with Crippen molar-refractivity contribution in [3.8, 4) is 0 Å². The van der Waals surface area contributed by atoms with Gasteiger partial charge in [-0.05, 0) is 20.4 Å². The first-order valence-electron chi connectivity index (χ1n) is 5.15. The van der Waals surface area contributed by atoms with Crippen molar-refractivity contribution in [1.29, 1.82) is 0 Å². The van der Waals surface area contributed by atoms with Crippen LogP contribution in [0.25, 0.3) is 0 Å². The minimum atomic E-state index is 0.0179. The third-order valence-corrected chi connectivity index (χ3v) is 2.78. The molecule has 0 amide bonds. The zero-order valence-corrected chi connectivity index (χ0v) is 9.73. The normalized spacial score (nSPS) is 18.2. The topological polar surface area (TPSA) is 58.7 Å². The Bertz CT molecular complexity index is 144. The van der Waals surface area contributed by atoms with E-state index in [4.69, 9.17) is 10.5 Å². The standard InChI is InChI=1S/C10H24N2O2/c1-5-9(11)10(6-13)12(3)8(2)7-14-4/h8-10,13H,5-7,11H2,1-4H3. The number of hydrogen-bond donors (Lipinski definition) is 2. The molecule has 86 valence electrons. The maximum Gasteiger partial charge on any atom is 0.0615 e. The molecule has 0 aliphatic heterocycles. The fraction of sp³-hybridized carbons (Fsp3) is 1.00. The number of likely N-dealkylation sites (N-methyl/N-ethyl adjacent to an activating group) is 1. The molecule has 0 heterocycles. The molecule has 0 aromatic carbocycles. The Kier molecular flexibility index (Phi) is 7.09. The van der Waals surface area contributed by atoms with Crippen LogP contribution in [-0.2, 0) is 4.74 Å². The highest BCUT2D eigenvalue weighted by Gasteiger charge is 2.23. The van der Waals surface area contributed by atoms with Gasteiger partial charge in [0.15, 0.2) is 0 Å². The Morgan fingerprint density at radius 2 is 2.07 bits per heavy atom. The van der Waals surface area contributed by atoms with E-state index in [2.05, 4.69) is 11.8 Å². The monoisotopic (exact) mass is 204 g/mol. The molecule has 0 saturated heterocycles. The molecule has 0 saturated carbocycles. The van der Waals surface area contributed by atoms with E-state index in [1.807, 2.05) is 14.0 Å². The quantitative estimate of drug-likeness (QED) is 0.615. The summed E-state index contributed by atoms with van der Waals surface area (Å²) < 4.78 is 5.07. The van der Waals surface area contributed by atoms with Crippen LogP contribution in [0.15, 0.2) is 0 Å². The lowest BCUT2D eigenvalue weighted by Gasteiger charge is -2.34. The van der Waals surface area contributed by atoms with Crippen LogP contribution < -0.4 is 5.73 Å². The molecule has 3 N–H and O–H groups in total. The van der Waals surface area contributed by atoms with Gasteiger partial charge in [-0.3, -0.25) is 4.90 Å². The molecule has 4 heteroatoms. The minimum Gasteiger partial charge on any atom is -0.395 e. The van der Waals surface area contributed by atoms with E-state index in [0.29, 0.717) is 6.61 Å². The molecule has 0 aromatic rings.